The Morgan fingerprint density at radius 1 is 0.889 bits per heavy atom. The molecule has 0 aliphatic carbocycles. The molecular weight excluding hydrogens is 222 g/mol. The van der Waals surface area contributed by atoms with Gasteiger partial charge in [0.25, 0.3) is 0 Å². The third kappa shape index (κ3) is 3.63. The summed E-state index contributed by atoms with van der Waals surface area (Å²) in [6.07, 6.45) is 1.84. The molecule has 2 aromatic carbocycles. The molecule has 0 atom stereocenters. The first-order valence-electron chi connectivity index (χ1n) is 5.87. The van der Waals surface area contributed by atoms with Gasteiger partial charge in [0.1, 0.15) is 0 Å². The van der Waals surface area contributed by atoms with Crippen molar-refractivity contribution in [1.82, 2.24) is 5.01 Å². The van der Waals surface area contributed by atoms with Gasteiger partial charge in [-0.3, -0.25) is 0 Å². The second-order valence-corrected chi connectivity index (χ2v) is 4.20. The van der Waals surface area contributed by atoms with E-state index in [1.807, 2.05) is 74.9 Å². The van der Waals surface area contributed by atoms with Crippen molar-refractivity contribution >= 4 is 17.6 Å². The van der Waals surface area contributed by atoms with Gasteiger partial charge in [0.15, 0.2) is 0 Å². The van der Waals surface area contributed by atoms with E-state index >= 15 is 0 Å². The van der Waals surface area contributed by atoms with Gasteiger partial charge in [-0.2, -0.15) is 5.10 Å². The van der Waals surface area contributed by atoms with Gasteiger partial charge in [-0.05, 0) is 29.8 Å². The number of hydrogen-bond acceptors (Lipinski definition) is 3. The molecule has 1 N–H and O–H groups in total. The topological polar surface area (TPSA) is 27.6 Å². The highest BCUT2D eigenvalue weighted by molar-refractivity contribution is 5.80. The van der Waals surface area contributed by atoms with Crippen molar-refractivity contribution in [2.75, 3.05) is 19.4 Å². The first kappa shape index (κ1) is 12.2. The van der Waals surface area contributed by atoms with E-state index in [0.717, 1.165) is 16.9 Å². The van der Waals surface area contributed by atoms with Crippen LogP contribution in [-0.4, -0.2) is 25.3 Å². The number of benzene rings is 2. The highest BCUT2D eigenvalue weighted by atomic mass is 15.4. The molecule has 0 fully saturated rings. The molecule has 0 bridgehead atoms. The number of nitrogens with one attached hydrogen (secondary N) is 1. The molecule has 2 rings (SSSR count). The molecule has 2 aromatic rings. The molecule has 0 saturated heterocycles. The molecule has 3 nitrogen and oxygen atoms in total. The number of hydrogen-bond donors (Lipinski definition) is 1. The molecule has 0 unspecified atom stereocenters. The lowest BCUT2D eigenvalue weighted by Crippen LogP contribution is -2.01. The van der Waals surface area contributed by atoms with Crippen LogP contribution < -0.4 is 5.32 Å². The zero-order valence-electron chi connectivity index (χ0n) is 10.7. The lowest BCUT2D eigenvalue weighted by atomic mass is 10.2. The Bertz CT molecular complexity index is 501. The SMILES string of the molecule is CN(C)N=Cc1ccc(Nc2ccccc2)cc1. The standard InChI is InChI=1S/C15H17N3/c1-18(2)16-12-13-8-10-15(11-9-13)17-14-6-4-3-5-7-14/h3-12,17H,1-2H3. The maximum Gasteiger partial charge on any atom is 0.0542 e. The highest BCUT2D eigenvalue weighted by Gasteiger charge is 1.94. The molecule has 0 spiro atoms. The van der Waals surface area contributed by atoms with Crippen LogP contribution in [-0.2, 0) is 0 Å². The number of anilines is 2. The van der Waals surface area contributed by atoms with Crippen LogP contribution >= 0.6 is 0 Å². The molecule has 92 valence electrons. The van der Waals surface area contributed by atoms with Crippen LogP contribution in [0.25, 0.3) is 0 Å². The van der Waals surface area contributed by atoms with Crippen LogP contribution in [0, 0.1) is 0 Å². The summed E-state index contributed by atoms with van der Waals surface area (Å²) in [5, 5.41) is 9.31. The molecule has 18 heavy (non-hydrogen) atoms. The number of hydrazone groups is 1. The number of nitrogens with zero attached hydrogens (tertiary/aromatic N) is 2. The van der Waals surface area contributed by atoms with E-state index in [0.29, 0.717) is 0 Å². The molecule has 0 amide bonds. The van der Waals surface area contributed by atoms with Gasteiger partial charge in [-0.1, -0.05) is 30.3 Å². The van der Waals surface area contributed by atoms with Gasteiger partial charge in [-0.25, -0.2) is 0 Å². The smallest absolute Gasteiger partial charge is 0.0542 e. The summed E-state index contributed by atoms with van der Waals surface area (Å²) >= 11 is 0. The average Bonchev–Trinajstić information content (AvgIpc) is 2.39. The minimum atomic E-state index is 1.07. The summed E-state index contributed by atoms with van der Waals surface area (Å²) in [6.45, 7) is 0. The Hall–Kier alpha value is -2.29. The summed E-state index contributed by atoms with van der Waals surface area (Å²) in [7, 11) is 3.81. The van der Waals surface area contributed by atoms with Crippen LogP contribution in [0.4, 0.5) is 11.4 Å². The highest BCUT2D eigenvalue weighted by Crippen LogP contribution is 2.15. The maximum absolute atomic E-state index is 4.20. The molecule has 0 aromatic heterocycles. The predicted molar refractivity (Wildman–Crippen MR) is 77.4 cm³/mol. The van der Waals surface area contributed by atoms with E-state index < -0.39 is 0 Å². The van der Waals surface area contributed by atoms with Crippen molar-refractivity contribution in [1.29, 1.82) is 0 Å². The molecule has 0 aliphatic rings. The molecular formula is C15H17N3. The monoisotopic (exact) mass is 239 g/mol. The van der Waals surface area contributed by atoms with Crippen molar-refractivity contribution < 1.29 is 0 Å². The van der Waals surface area contributed by atoms with Crippen LogP contribution in [0.5, 0.6) is 0 Å². The Kier molecular flexibility index (Phi) is 3.97. The third-order valence-electron chi connectivity index (χ3n) is 2.41. The zero-order valence-corrected chi connectivity index (χ0v) is 10.7. The quantitative estimate of drug-likeness (QED) is 0.654. The second kappa shape index (κ2) is 5.87. The van der Waals surface area contributed by atoms with Crippen molar-refractivity contribution in [3.63, 3.8) is 0 Å². The first-order chi connectivity index (χ1) is 8.74. The second-order valence-electron chi connectivity index (χ2n) is 4.20. The molecule has 3 heteroatoms. The van der Waals surface area contributed by atoms with E-state index in [2.05, 4.69) is 10.4 Å². The van der Waals surface area contributed by atoms with Gasteiger partial charge in [0.2, 0.25) is 0 Å². The summed E-state index contributed by atoms with van der Waals surface area (Å²) in [6, 6.07) is 18.3. The van der Waals surface area contributed by atoms with E-state index in [4.69, 9.17) is 0 Å². The Morgan fingerprint density at radius 2 is 1.50 bits per heavy atom. The van der Waals surface area contributed by atoms with Crippen molar-refractivity contribution in [2.24, 2.45) is 5.10 Å². The number of para-hydroxylation sites is 1. The lowest BCUT2D eigenvalue weighted by Gasteiger charge is -2.06. The van der Waals surface area contributed by atoms with Crippen LogP contribution in [0.3, 0.4) is 0 Å². The Balaban J connectivity index is 2.04. The van der Waals surface area contributed by atoms with Crippen molar-refractivity contribution in [3.05, 3.63) is 60.2 Å². The normalized spacial score (nSPS) is 10.6. The van der Waals surface area contributed by atoms with Crippen LogP contribution in [0.15, 0.2) is 59.7 Å². The summed E-state index contributed by atoms with van der Waals surface area (Å²) < 4.78 is 0. The average molecular weight is 239 g/mol. The van der Waals surface area contributed by atoms with Gasteiger partial charge >= 0.3 is 0 Å². The van der Waals surface area contributed by atoms with Crippen molar-refractivity contribution in [3.8, 4) is 0 Å². The number of rotatable bonds is 4. The zero-order chi connectivity index (χ0) is 12.8. The van der Waals surface area contributed by atoms with Gasteiger partial charge in [0, 0.05) is 25.5 Å². The third-order valence-corrected chi connectivity index (χ3v) is 2.41. The van der Waals surface area contributed by atoms with E-state index in [1.54, 1.807) is 5.01 Å². The van der Waals surface area contributed by atoms with Gasteiger partial charge in [-0.15, -0.1) is 0 Å². The fraction of sp³-hybridized carbons (Fsp3) is 0.133. The van der Waals surface area contributed by atoms with E-state index in [9.17, 15) is 0 Å². The molecule has 0 aliphatic heterocycles. The van der Waals surface area contributed by atoms with Crippen molar-refractivity contribution in [2.45, 2.75) is 0 Å². The minimum absolute atomic E-state index is 1.07. The summed E-state index contributed by atoms with van der Waals surface area (Å²) in [5.41, 5.74) is 3.25. The molecule has 0 heterocycles. The Labute approximate surface area is 108 Å². The summed E-state index contributed by atoms with van der Waals surface area (Å²) in [5.74, 6) is 0. The van der Waals surface area contributed by atoms with Gasteiger partial charge < -0.3 is 10.3 Å². The molecule has 0 saturated carbocycles. The lowest BCUT2D eigenvalue weighted by molar-refractivity contribution is 0.440. The largest absolute Gasteiger partial charge is 0.356 e. The fourth-order valence-corrected chi connectivity index (χ4v) is 1.52. The fourth-order valence-electron chi connectivity index (χ4n) is 1.52. The minimum Gasteiger partial charge on any atom is -0.356 e. The predicted octanol–water partition coefficient (Wildman–Crippen LogP) is 3.33. The van der Waals surface area contributed by atoms with Gasteiger partial charge in [0.05, 0.1) is 6.21 Å². The molecule has 0 radical (unpaired) electrons. The van der Waals surface area contributed by atoms with E-state index in [-0.39, 0.29) is 0 Å². The first-order valence-corrected chi connectivity index (χ1v) is 5.87. The maximum atomic E-state index is 4.20. The van der Waals surface area contributed by atoms with Crippen LogP contribution in [0.1, 0.15) is 5.56 Å². The van der Waals surface area contributed by atoms with E-state index in [1.165, 1.54) is 0 Å². The van der Waals surface area contributed by atoms with Crippen LogP contribution in [0.2, 0.25) is 0 Å². The summed E-state index contributed by atoms with van der Waals surface area (Å²) in [4.78, 5) is 0. The Morgan fingerprint density at radius 3 is 2.11 bits per heavy atom.